The van der Waals surface area contributed by atoms with Gasteiger partial charge in [-0.3, -0.25) is 0 Å². The van der Waals surface area contributed by atoms with Crippen LogP contribution in [0.25, 0.3) is 5.65 Å². The van der Waals surface area contributed by atoms with Crippen molar-refractivity contribution in [3.63, 3.8) is 0 Å². The van der Waals surface area contributed by atoms with Gasteiger partial charge < -0.3 is 4.40 Å². The lowest BCUT2D eigenvalue weighted by atomic mass is 10.4. The fourth-order valence-electron chi connectivity index (χ4n) is 1.10. The summed E-state index contributed by atoms with van der Waals surface area (Å²) in [6.07, 6.45) is 6.63. The zero-order valence-electron chi connectivity index (χ0n) is 6.66. The lowest BCUT2D eigenvalue weighted by molar-refractivity contribution is 1.07. The molecule has 0 saturated carbocycles. The third kappa shape index (κ3) is 1.22. The average Bonchev–Trinajstić information content (AvgIpc) is 2.46. The summed E-state index contributed by atoms with van der Waals surface area (Å²) in [6, 6.07) is 0. The topological polar surface area (TPSA) is 30.2 Å². The highest BCUT2D eigenvalue weighted by molar-refractivity contribution is 9.10. The van der Waals surface area contributed by atoms with E-state index >= 15 is 0 Å². The lowest BCUT2D eigenvalue weighted by Crippen LogP contribution is -1.84. The van der Waals surface area contributed by atoms with Crippen LogP contribution in [-0.2, 0) is 6.42 Å². The monoisotopic (exact) mass is 225 g/mol. The predicted molar refractivity (Wildman–Crippen MR) is 50.1 cm³/mol. The molecule has 0 spiro atoms. The van der Waals surface area contributed by atoms with E-state index in [-0.39, 0.29) is 0 Å². The average molecular weight is 226 g/mol. The van der Waals surface area contributed by atoms with E-state index in [4.69, 9.17) is 0 Å². The SMILES string of the molecule is CCc1cn2cc(Br)ncc2n1. The Bertz CT molecular complexity index is 408. The van der Waals surface area contributed by atoms with Crippen LogP contribution in [0.5, 0.6) is 0 Å². The molecule has 0 atom stereocenters. The van der Waals surface area contributed by atoms with Gasteiger partial charge in [0.2, 0.25) is 0 Å². The molecule has 0 aliphatic carbocycles. The first-order valence-electron chi connectivity index (χ1n) is 3.78. The van der Waals surface area contributed by atoms with E-state index in [0.29, 0.717) is 0 Å². The Labute approximate surface area is 78.6 Å². The van der Waals surface area contributed by atoms with Crippen molar-refractivity contribution in [3.8, 4) is 0 Å². The Morgan fingerprint density at radius 3 is 3.08 bits per heavy atom. The summed E-state index contributed by atoms with van der Waals surface area (Å²) < 4.78 is 2.80. The number of rotatable bonds is 1. The normalized spacial score (nSPS) is 10.8. The number of aryl methyl sites for hydroxylation is 1. The Balaban J connectivity index is 2.67. The summed E-state index contributed by atoms with van der Waals surface area (Å²) >= 11 is 3.30. The minimum atomic E-state index is 0.829. The number of hydrogen-bond acceptors (Lipinski definition) is 2. The van der Waals surface area contributed by atoms with Gasteiger partial charge in [-0.15, -0.1) is 0 Å². The summed E-state index contributed by atoms with van der Waals surface area (Å²) in [5.41, 5.74) is 1.99. The van der Waals surface area contributed by atoms with Crippen molar-refractivity contribution in [1.29, 1.82) is 0 Å². The summed E-state index contributed by atoms with van der Waals surface area (Å²) in [4.78, 5) is 8.44. The van der Waals surface area contributed by atoms with E-state index in [1.807, 2.05) is 16.8 Å². The minimum Gasteiger partial charge on any atom is -0.303 e. The molecule has 0 fully saturated rings. The van der Waals surface area contributed by atoms with Gasteiger partial charge in [-0.1, -0.05) is 6.92 Å². The second-order valence-electron chi connectivity index (χ2n) is 2.56. The van der Waals surface area contributed by atoms with Gasteiger partial charge in [-0.05, 0) is 22.4 Å². The highest BCUT2D eigenvalue weighted by atomic mass is 79.9. The molecule has 0 aromatic carbocycles. The smallest absolute Gasteiger partial charge is 0.155 e. The van der Waals surface area contributed by atoms with Crippen molar-refractivity contribution in [2.75, 3.05) is 0 Å². The summed E-state index contributed by atoms with van der Waals surface area (Å²) in [6.45, 7) is 2.09. The van der Waals surface area contributed by atoms with Gasteiger partial charge >= 0.3 is 0 Å². The van der Waals surface area contributed by atoms with E-state index in [2.05, 4.69) is 32.8 Å². The molecule has 0 aliphatic rings. The van der Waals surface area contributed by atoms with Crippen LogP contribution in [0.15, 0.2) is 23.2 Å². The molecule has 0 unspecified atom stereocenters. The first-order valence-corrected chi connectivity index (χ1v) is 4.58. The van der Waals surface area contributed by atoms with Crippen molar-refractivity contribution >= 4 is 21.6 Å². The van der Waals surface area contributed by atoms with Crippen molar-refractivity contribution in [1.82, 2.24) is 14.4 Å². The number of halogens is 1. The second-order valence-corrected chi connectivity index (χ2v) is 3.37. The first-order chi connectivity index (χ1) is 5.79. The second kappa shape index (κ2) is 2.86. The van der Waals surface area contributed by atoms with Crippen LogP contribution in [0.4, 0.5) is 0 Å². The third-order valence-corrected chi connectivity index (χ3v) is 2.13. The standard InChI is InChI=1S/C8H8BrN3/c1-2-6-4-12-5-7(9)10-3-8(12)11-6/h3-5H,2H2,1H3. The molecule has 0 N–H and O–H groups in total. The highest BCUT2D eigenvalue weighted by Crippen LogP contribution is 2.09. The molecule has 4 heteroatoms. The summed E-state index contributed by atoms with van der Waals surface area (Å²) in [5, 5.41) is 0. The number of hydrogen-bond donors (Lipinski definition) is 0. The first kappa shape index (κ1) is 7.73. The molecule has 0 saturated heterocycles. The van der Waals surface area contributed by atoms with E-state index in [0.717, 1.165) is 22.4 Å². The van der Waals surface area contributed by atoms with Crippen LogP contribution in [0.3, 0.4) is 0 Å². The van der Waals surface area contributed by atoms with Crippen molar-refractivity contribution < 1.29 is 0 Å². The van der Waals surface area contributed by atoms with Crippen LogP contribution in [0.2, 0.25) is 0 Å². The van der Waals surface area contributed by atoms with E-state index in [1.165, 1.54) is 0 Å². The zero-order valence-corrected chi connectivity index (χ0v) is 8.24. The van der Waals surface area contributed by atoms with Crippen LogP contribution >= 0.6 is 15.9 Å². The largest absolute Gasteiger partial charge is 0.303 e. The van der Waals surface area contributed by atoms with Crippen LogP contribution in [0.1, 0.15) is 12.6 Å². The van der Waals surface area contributed by atoms with E-state index in [1.54, 1.807) is 6.20 Å². The van der Waals surface area contributed by atoms with E-state index in [9.17, 15) is 0 Å². The highest BCUT2D eigenvalue weighted by Gasteiger charge is 1.99. The molecule has 2 heterocycles. The van der Waals surface area contributed by atoms with Crippen molar-refractivity contribution in [2.45, 2.75) is 13.3 Å². The molecule has 3 nitrogen and oxygen atoms in total. The lowest BCUT2D eigenvalue weighted by Gasteiger charge is -1.90. The number of imidazole rings is 1. The van der Waals surface area contributed by atoms with Crippen molar-refractivity contribution in [3.05, 3.63) is 28.9 Å². The zero-order chi connectivity index (χ0) is 8.55. The summed E-state index contributed by atoms with van der Waals surface area (Å²) in [7, 11) is 0. The maximum Gasteiger partial charge on any atom is 0.155 e. The fourth-order valence-corrected chi connectivity index (χ4v) is 1.42. The predicted octanol–water partition coefficient (Wildman–Crippen LogP) is 2.05. The van der Waals surface area contributed by atoms with Gasteiger partial charge in [0, 0.05) is 12.4 Å². The van der Waals surface area contributed by atoms with E-state index < -0.39 is 0 Å². The van der Waals surface area contributed by atoms with Gasteiger partial charge in [0.1, 0.15) is 4.60 Å². The van der Waals surface area contributed by atoms with Crippen LogP contribution < -0.4 is 0 Å². The van der Waals surface area contributed by atoms with Gasteiger partial charge in [0.05, 0.1) is 11.9 Å². The molecule has 62 valence electrons. The number of fused-ring (bicyclic) bond motifs is 1. The Hall–Kier alpha value is -0.900. The van der Waals surface area contributed by atoms with Gasteiger partial charge in [0.25, 0.3) is 0 Å². The van der Waals surface area contributed by atoms with Crippen LogP contribution in [-0.4, -0.2) is 14.4 Å². The Morgan fingerprint density at radius 2 is 2.33 bits per heavy atom. The molecule has 0 bridgehead atoms. The number of nitrogens with zero attached hydrogens (tertiary/aromatic N) is 3. The van der Waals surface area contributed by atoms with Gasteiger partial charge in [0.15, 0.2) is 5.65 Å². The maximum absolute atomic E-state index is 4.35. The quantitative estimate of drug-likeness (QED) is 0.744. The Kier molecular flexibility index (Phi) is 1.84. The molecule has 12 heavy (non-hydrogen) atoms. The summed E-state index contributed by atoms with van der Waals surface area (Å²) in [5.74, 6) is 0. The molecule has 0 aliphatic heterocycles. The van der Waals surface area contributed by atoms with Gasteiger partial charge in [-0.25, -0.2) is 9.97 Å². The van der Waals surface area contributed by atoms with Crippen LogP contribution in [0, 0.1) is 0 Å². The maximum atomic E-state index is 4.35. The van der Waals surface area contributed by atoms with Gasteiger partial charge in [-0.2, -0.15) is 0 Å². The Morgan fingerprint density at radius 1 is 1.50 bits per heavy atom. The molecule has 2 rings (SSSR count). The fraction of sp³-hybridized carbons (Fsp3) is 0.250. The number of aromatic nitrogens is 3. The molecular formula is C8H8BrN3. The van der Waals surface area contributed by atoms with Crippen molar-refractivity contribution in [2.24, 2.45) is 0 Å². The minimum absolute atomic E-state index is 0.829. The molecule has 2 aromatic heterocycles. The molecule has 0 amide bonds. The molecule has 2 aromatic rings. The molecular weight excluding hydrogens is 218 g/mol. The molecule has 0 radical (unpaired) electrons. The third-order valence-electron chi connectivity index (χ3n) is 1.72.